The number of ether oxygens (including phenoxy) is 1. The monoisotopic (exact) mass is 444 g/mol. The van der Waals surface area contributed by atoms with Crippen LogP contribution in [0.1, 0.15) is 60.0 Å². The molecule has 30 heavy (non-hydrogen) atoms. The maximum absolute atomic E-state index is 12.6. The Morgan fingerprint density at radius 1 is 1.23 bits per heavy atom. The highest BCUT2D eigenvalue weighted by Gasteiger charge is 2.21. The van der Waals surface area contributed by atoms with Crippen LogP contribution in [0.2, 0.25) is 0 Å². The molecule has 4 heterocycles. The van der Waals surface area contributed by atoms with E-state index in [4.69, 9.17) is 4.74 Å². The number of nitrogens with zero attached hydrogens (tertiary/aromatic N) is 2. The molecule has 1 amide bonds. The Morgan fingerprint density at radius 3 is 2.93 bits per heavy atom. The number of nitrogens with one attached hydrogen (secondary N) is 2. The van der Waals surface area contributed by atoms with E-state index in [2.05, 4.69) is 20.3 Å². The number of fused-ring (bicyclic) bond motifs is 3. The number of aromatic nitrogens is 3. The molecule has 5 rings (SSSR count). The lowest BCUT2D eigenvalue weighted by Crippen LogP contribution is -2.17. The molecule has 0 bridgehead atoms. The maximum Gasteiger partial charge on any atom is 0.259 e. The van der Waals surface area contributed by atoms with Gasteiger partial charge in [0, 0.05) is 42.2 Å². The van der Waals surface area contributed by atoms with Crippen molar-refractivity contribution in [3.8, 4) is 0 Å². The van der Waals surface area contributed by atoms with E-state index >= 15 is 0 Å². The Morgan fingerprint density at radius 2 is 2.07 bits per heavy atom. The Bertz CT molecular complexity index is 1130. The van der Waals surface area contributed by atoms with Gasteiger partial charge in [-0.25, -0.2) is 9.97 Å². The topological polar surface area (TPSA) is 97.0 Å². The molecule has 3 aromatic heterocycles. The van der Waals surface area contributed by atoms with E-state index in [9.17, 15) is 9.59 Å². The second-order valence-corrected chi connectivity index (χ2v) is 9.86. The third-order valence-electron chi connectivity index (χ3n) is 5.87. The highest BCUT2D eigenvalue weighted by molar-refractivity contribution is 7.18. The standard InChI is InChI=1S/C21H24N4O3S2/c26-17(25-21-22-14(11-29-21)12-7-9-28-10-8-12)6-5-16-23-19(27)18-13-3-1-2-4-15(13)30-20(18)24-16/h11-12H,1-10H2,(H,22,25,26)(H,23,24,27). The molecule has 2 aliphatic rings. The van der Waals surface area contributed by atoms with Crippen molar-refractivity contribution in [2.75, 3.05) is 18.5 Å². The van der Waals surface area contributed by atoms with Crippen molar-refractivity contribution in [2.24, 2.45) is 0 Å². The molecule has 1 saturated heterocycles. The maximum atomic E-state index is 12.6. The Labute approximate surface area is 181 Å². The van der Waals surface area contributed by atoms with E-state index in [0.29, 0.717) is 23.3 Å². The smallest absolute Gasteiger partial charge is 0.259 e. The van der Waals surface area contributed by atoms with Crippen LogP contribution in [0.25, 0.3) is 10.2 Å². The van der Waals surface area contributed by atoms with Crippen molar-refractivity contribution in [3.05, 3.63) is 37.7 Å². The van der Waals surface area contributed by atoms with E-state index in [1.165, 1.54) is 28.2 Å². The first-order valence-electron chi connectivity index (χ1n) is 10.5. The summed E-state index contributed by atoms with van der Waals surface area (Å²) >= 11 is 3.09. The molecule has 0 spiro atoms. The van der Waals surface area contributed by atoms with Crippen LogP contribution in [0.5, 0.6) is 0 Å². The minimum Gasteiger partial charge on any atom is -0.381 e. The molecule has 9 heteroatoms. The van der Waals surface area contributed by atoms with Gasteiger partial charge in [-0.2, -0.15) is 0 Å². The van der Waals surface area contributed by atoms with Crippen molar-refractivity contribution >= 4 is 43.9 Å². The van der Waals surface area contributed by atoms with Crippen molar-refractivity contribution in [2.45, 2.75) is 57.3 Å². The van der Waals surface area contributed by atoms with Crippen molar-refractivity contribution < 1.29 is 9.53 Å². The summed E-state index contributed by atoms with van der Waals surface area (Å²) in [6, 6.07) is 0. The number of carbonyl (C=O) groups excluding carboxylic acids is 1. The van der Waals surface area contributed by atoms with Gasteiger partial charge in [0.25, 0.3) is 5.56 Å². The van der Waals surface area contributed by atoms with Gasteiger partial charge < -0.3 is 15.0 Å². The SMILES string of the molecule is O=C(CCc1nc2sc3c(c2c(=O)[nH]1)CCCC3)Nc1nc(C2CCOCC2)cs1. The summed E-state index contributed by atoms with van der Waals surface area (Å²) in [5, 5.41) is 6.29. The fraction of sp³-hybridized carbons (Fsp3) is 0.524. The van der Waals surface area contributed by atoms with E-state index in [-0.39, 0.29) is 17.9 Å². The zero-order valence-corrected chi connectivity index (χ0v) is 18.3. The van der Waals surface area contributed by atoms with Gasteiger partial charge >= 0.3 is 0 Å². The van der Waals surface area contributed by atoms with Crippen LogP contribution in [0.3, 0.4) is 0 Å². The summed E-state index contributed by atoms with van der Waals surface area (Å²) in [5.41, 5.74) is 2.15. The van der Waals surface area contributed by atoms with Gasteiger partial charge in [0.15, 0.2) is 5.13 Å². The molecule has 0 saturated carbocycles. The largest absolute Gasteiger partial charge is 0.381 e. The molecule has 1 aliphatic heterocycles. The van der Waals surface area contributed by atoms with Crippen LogP contribution in [-0.2, 0) is 28.8 Å². The van der Waals surface area contributed by atoms with Crippen molar-refractivity contribution in [3.63, 3.8) is 0 Å². The van der Waals surface area contributed by atoms with E-state index < -0.39 is 0 Å². The van der Waals surface area contributed by atoms with Gasteiger partial charge in [0.1, 0.15) is 10.7 Å². The normalized spacial score (nSPS) is 17.2. The lowest BCUT2D eigenvalue weighted by molar-refractivity contribution is -0.116. The molecule has 0 unspecified atom stereocenters. The highest BCUT2D eigenvalue weighted by atomic mass is 32.1. The number of hydrogen-bond acceptors (Lipinski definition) is 7. The summed E-state index contributed by atoms with van der Waals surface area (Å²) in [5.74, 6) is 0.873. The number of thiophene rings is 1. The lowest BCUT2D eigenvalue weighted by Gasteiger charge is -2.19. The second-order valence-electron chi connectivity index (χ2n) is 7.92. The fourth-order valence-electron chi connectivity index (χ4n) is 4.26. The molecular weight excluding hydrogens is 420 g/mol. The predicted octanol–water partition coefficient (Wildman–Crippen LogP) is 3.79. The molecule has 0 atom stereocenters. The van der Waals surface area contributed by atoms with Gasteiger partial charge in [-0.1, -0.05) is 0 Å². The molecule has 158 valence electrons. The molecule has 7 nitrogen and oxygen atoms in total. The summed E-state index contributed by atoms with van der Waals surface area (Å²) in [7, 11) is 0. The van der Waals surface area contributed by atoms with Crippen LogP contribution in [0.4, 0.5) is 5.13 Å². The summed E-state index contributed by atoms with van der Waals surface area (Å²) < 4.78 is 5.40. The third kappa shape index (κ3) is 4.06. The molecule has 2 N–H and O–H groups in total. The van der Waals surface area contributed by atoms with Crippen molar-refractivity contribution in [1.82, 2.24) is 15.0 Å². The Balaban J connectivity index is 1.23. The van der Waals surface area contributed by atoms with Crippen LogP contribution >= 0.6 is 22.7 Å². The minimum absolute atomic E-state index is 0.0733. The third-order valence-corrected chi connectivity index (χ3v) is 7.83. The first kappa shape index (κ1) is 19.8. The number of hydrogen-bond donors (Lipinski definition) is 2. The number of anilines is 1. The first-order chi connectivity index (χ1) is 14.7. The number of rotatable bonds is 5. The van der Waals surface area contributed by atoms with E-state index in [0.717, 1.165) is 61.2 Å². The Kier molecular flexibility index (Phi) is 5.66. The first-order valence-corrected chi connectivity index (χ1v) is 12.2. The van der Waals surface area contributed by atoms with Crippen LogP contribution in [-0.4, -0.2) is 34.1 Å². The minimum atomic E-state index is -0.115. The van der Waals surface area contributed by atoms with Gasteiger partial charge in [-0.05, 0) is 44.1 Å². The number of amides is 1. The molecule has 3 aromatic rings. The summed E-state index contributed by atoms with van der Waals surface area (Å²) in [6.45, 7) is 1.54. The zero-order valence-electron chi connectivity index (χ0n) is 16.7. The van der Waals surface area contributed by atoms with Gasteiger partial charge in [0.2, 0.25) is 5.91 Å². The zero-order chi connectivity index (χ0) is 20.5. The van der Waals surface area contributed by atoms with Crippen LogP contribution in [0.15, 0.2) is 10.2 Å². The van der Waals surface area contributed by atoms with Crippen LogP contribution in [0, 0.1) is 0 Å². The van der Waals surface area contributed by atoms with Gasteiger partial charge in [-0.3, -0.25) is 9.59 Å². The number of thiazole rings is 1. The van der Waals surface area contributed by atoms with Crippen LogP contribution < -0.4 is 10.9 Å². The summed E-state index contributed by atoms with van der Waals surface area (Å²) in [6.07, 6.45) is 6.92. The Hall–Kier alpha value is -2.10. The fourth-order valence-corrected chi connectivity index (χ4v) is 6.35. The average molecular weight is 445 g/mol. The number of carbonyl (C=O) groups is 1. The molecule has 1 fully saturated rings. The second kappa shape index (κ2) is 8.56. The van der Waals surface area contributed by atoms with E-state index in [1.807, 2.05) is 5.38 Å². The summed E-state index contributed by atoms with van der Waals surface area (Å²) in [4.78, 5) is 39.2. The average Bonchev–Trinajstić information content (AvgIpc) is 3.37. The molecular formula is C21H24N4O3S2. The predicted molar refractivity (Wildman–Crippen MR) is 119 cm³/mol. The molecule has 0 radical (unpaired) electrons. The number of aromatic amines is 1. The van der Waals surface area contributed by atoms with Gasteiger partial charge in [-0.15, -0.1) is 22.7 Å². The van der Waals surface area contributed by atoms with Gasteiger partial charge in [0.05, 0.1) is 11.1 Å². The van der Waals surface area contributed by atoms with E-state index in [1.54, 1.807) is 11.3 Å². The lowest BCUT2D eigenvalue weighted by atomic mass is 9.97. The number of H-pyrrole nitrogens is 1. The highest BCUT2D eigenvalue weighted by Crippen LogP contribution is 2.33. The van der Waals surface area contributed by atoms with Crippen molar-refractivity contribution in [1.29, 1.82) is 0 Å². The number of aryl methyl sites for hydroxylation is 3. The quantitative estimate of drug-likeness (QED) is 0.624. The molecule has 0 aromatic carbocycles. The molecule has 1 aliphatic carbocycles.